The molecule has 0 bridgehead atoms. The van der Waals surface area contributed by atoms with E-state index in [1.807, 2.05) is 42.2 Å². The average Bonchev–Trinajstić information content (AvgIpc) is 3.05. The molecule has 45 heavy (non-hydrogen) atoms. The number of likely N-dealkylation sites (tertiary alicyclic amines) is 1. The zero-order valence-electron chi connectivity index (χ0n) is 26.4. The quantitative estimate of drug-likeness (QED) is 0.219. The number of amides is 3. The highest BCUT2D eigenvalue weighted by Crippen LogP contribution is 2.25. The van der Waals surface area contributed by atoms with E-state index in [1.165, 1.54) is 24.3 Å². The Labute approximate surface area is 265 Å². The molecule has 1 unspecified atom stereocenters. The number of anilines is 1. The number of nitrogens with zero attached hydrogens (tertiary/aromatic N) is 1. The Morgan fingerprint density at radius 1 is 1.00 bits per heavy atom. The normalized spacial score (nSPS) is 16.7. The maximum Gasteiger partial charge on any atom is 0.254 e. The van der Waals surface area contributed by atoms with Gasteiger partial charge in [0.1, 0.15) is 11.6 Å². The van der Waals surface area contributed by atoms with Gasteiger partial charge in [-0.2, -0.15) is 0 Å². The first-order chi connectivity index (χ1) is 21.7. The third-order valence-corrected chi connectivity index (χ3v) is 8.40. The lowest BCUT2D eigenvalue weighted by Gasteiger charge is -2.35. The molecule has 4 atom stereocenters. The summed E-state index contributed by atoms with van der Waals surface area (Å²) in [5.41, 5.74) is 8.90. The first-order valence-corrected chi connectivity index (χ1v) is 15.9. The van der Waals surface area contributed by atoms with E-state index < -0.39 is 18.0 Å². The molecule has 1 saturated heterocycles. The number of nitrogens with two attached hydrogens (primary N) is 1. The molecule has 0 radical (unpaired) electrons. The van der Waals surface area contributed by atoms with Gasteiger partial charge in [0.15, 0.2) is 0 Å². The van der Waals surface area contributed by atoms with Gasteiger partial charge in [0, 0.05) is 47.4 Å². The summed E-state index contributed by atoms with van der Waals surface area (Å²) >= 11 is 0. The maximum atomic E-state index is 13.8. The highest BCUT2D eigenvalue weighted by Gasteiger charge is 2.29. The molecule has 0 aliphatic carbocycles. The molecule has 1 heterocycles. The molecular weight excluding hydrogens is 571 g/mol. The summed E-state index contributed by atoms with van der Waals surface area (Å²) < 4.78 is 19.1. The van der Waals surface area contributed by atoms with Crippen LogP contribution >= 0.6 is 0 Å². The van der Waals surface area contributed by atoms with Crippen LogP contribution in [-0.4, -0.2) is 53.9 Å². The van der Waals surface area contributed by atoms with Crippen molar-refractivity contribution in [1.82, 2.24) is 10.2 Å². The van der Waals surface area contributed by atoms with Crippen LogP contribution in [0.4, 0.5) is 10.1 Å². The third-order valence-electron chi connectivity index (χ3n) is 8.40. The number of ether oxygens (including phenoxy) is 1. The fourth-order valence-electron chi connectivity index (χ4n) is 5.87. The second kappa shape index (κ2) is 16.2. The molecule has 3 aromatic carbocycles. The largest absolute Gasteiger partial charge is 0.494 e. The number of benzene rings is 3. The lowest BCUT2D eigenvalue weighted by atomic mass is 9.91. The van der Waals surface area contributed by atoms with Crippen LogP contribution in [0.5, 0.6) is 5.75 Å². The molecule has 9 heteroatoms. The zero-order chi connectivity index (χ0) is 32.3. The van der Waals surface area contributed by atoms with Crippen molar-refractivity contribution >= 4 is 23.4 Å². The van der Waals surface area contributed by atoms with Crippen molar-refractivity contribution in [3.05, 3.63) is 95.3 Å². The summed E-state index contributed by atoms with van der Waals surface area (Å²) in [4.78, 5) is 42.3. The minimum Gasteiger partial charge on any atom is -0.494 e. The highest BCUT2D eigenvalue weighted by molar-refractivity contribution is 6.00. The monoisotopic (exact) mass is 616 g/mol. The summed E-state index contributed by atoms with van der Waals surface area (Å²) in [5, 5.41) is 5.90. The first-order valence-electron chi connectivity index (χ1n) is 15.9. The Hall–Kier alpha value is -4.24. The van der Waals surface area contributed by atoms with Crippen LogP contribution in [0.15, 0.2) is 72.8 Å². The summed E-state index contributed by atoms with van der Waals surface area (Å²) in [6.45, 7) is 6.80. The van der Waals surface area contributed by atoms with Crippen LogP contribution in [0.25, 0.3) is 0 Å². The van der Waals surface area contributed by atoms with E-state index in [4.69, 9.17) is 10.5 Å². The molecule has 4 N–H and O–H groups in total. The van der Waals surface area contributed by atoms with Gasteiger partial charge in [-0.15, -0.1) is 0 Å². The van der Waals surface area contributed by atoms with E-state index in [-0.39, 0.29) is 29.6 Å². The molecule has 1 aliphatic rings. The lowest BCUT2D eigenvalue weighted by Crippen LogP contribution is -2.50. The number of hydrogen-bond donors (Lipinski definition) is 3. The van der Waals surface area contributed by atoms with Gasteiger partial charge >= 0.3 is 0 Å². The van der Waals surface area contributed by atoms with Gasteiger partial charge in [-0.1, -0.05) is 44.2 Å². The predicted molar refractivity (Wildman–Crippen MR) is 175 cm³/mol. The Morgan fingerprint density at radius 3 is 2.40 bits per heavy atom. The standard InChI is InChI=1S/C36H45FN4O4/c1-4-30-13-9-10-18-41(30)36(44)27-21-26(22-31(23-27)45-5-2)35(43)40-33(20-25-11-7-6-8-12-25)32(38)19-24(3)34(42)39-29-16-14-28(37)15-17-29/h6-8,11-12,14-17,21-24,30,32-33H,4-5,9-10,13,18-20,38H2,1-3H3,(H,39,42)(H,40,43)/t24-,30?,32+,33+/m1/s1. The van der Waals surface area contributed by atoms with Crippen molar-refractivity contribution in [1.29, 1.82) is 0 Å². The van der Waals surface area contributed by atoms with Crippen molar-refractivity contribution in [2.24, 2.45) is 11.7 Å². The molecular formula is C36H45FN4O4. The summed E-state index contributed by atoms with van der Waals surface area (Å²) in [7, 11) is 0. The number of piperidine rings is 1. The predicted octanol–water partition coefficient (Wildman–Crippen LogP) is 5.96. The first kappa shape index (κ1) is 33.6. The molecule has 0 saturated carbocycles. The number of nitrogens with one attached hydrogen (secondary N) is 2. The molecule has 0 spiro atoms. The topological polar surface area (TPSA) is 114 Å². The number of halogens is 1. The number of carbonyl (C=O) groups excluding carboxylic acids is 3. The molecule has 1 fully saturated rings. The van der Waals surface area contributed by atoms with Crippen molar-refractivity contribution < 1.29 is 23.5 Å². The van der Waals surface area contributed by atoms with Crippen molar-refractivity contribution in [3.63, 3.8) is 0 Å². The Balaban J connectivity index is 1.54. The van der Waals surface area contributed by atoms with Crippen molar-refractivity contribution in [2.75, 3.05) is 18.5 Å². The average molecular weight is 617 g/mol. The van der Waals surface area contributed by atoms with Gasteiger partial charge in [0.05, 0.1) is 6.61 Å². The number of rotatable bonds is 13. The fraction of sp³-hybridized carbons (Fsp3) is 0.417. The van der Waals surface area contributed by atoms with E-state index in [0.29, 0.717) is 48.6 Å². The van der Waals surface area contributed by atoms with Gasteiger partial charge < -0.3 is 26.0 Å². The number of hydrogen-bond acceptors (Lipinski definition) is 5. The minimum absolute atomic E-state index is 0.101. The van der Waals surface area contributed by atoms with Gasteiger partial charge in [0.25, 0.3) is 11.8 Å². The smallest absolute Gasteiger partial charge is 0.254 e. The molecule has 3 aromatic rings. The summed E-state index contributed by atoms with van der Waals surface area (Å²) in [6.07, 6.45) is 4.65. The summed E-state index contributed by atoms with van der Waals surface area (Å²) in [5.74, 6) is -1.15. The van der Waals surface area contributed by atoms with Crippen LogP contribution in [0.2, 0.25) is 0 Å². The van der Waals surface area contributed by atoms with Gasteiger partial charge in [-0.3, -0.25) is 14.4 Å². The molecule has 8 nitrogen and oxygen atoms in total. The second-order valence-electron chi connectivity index (χ2n) is 11.8. The van der Waals surface area contributed by atoms with Crippen molar-refractivity contribution in [3.8, 4) is 5.75 Å². The Kier molecular flexibility index (Phi) is 12.1. The molecule has 240 valence electrons. The van der Waals surface area contributed by atoms with Crippen LogP contribution < -0.4 is 21.1 Å². The summed E-state index contributed by atoms with van der Waals surface area (Å²) in [6, 6.07) is 19.3. The highest BCUT2D eigenvalue weighted by atomic mass is 19.1. The van der Waals surface area contributed by atoms with Gasteiger partial charge in [-0.25, -0.2) is 4.39 Å². The van der Waals surface area contributed by atoms with E-state index in [1.54, 1.807) is 25.1 Å². The van der Waals surface area contributed by atoms with Crippen LogP contribution in [-0.2, 0) is 11.2 Å². The van der Waals surface area contributed by atoms with Gasteiger partial charge in [0.2, 0.25) is 5.91 Å². The molecule has 1 aliphatic heterocycles. The van der Waals surface area contributed by atoms with E-state index in [2.05, 4.69) is 17.6 Å². The van der Waals surface area contributed by atoms with Crippen LogP contribution in [0.1, 0.15) is 79.2 Å². The minimum atomic E-state index is -0.571. The lowest BCUT2D eigenvalue weighted by molar-refractivity contribution is -0.119. The third kappa shape index (κ3) is 9.38. The molecule has 0 aromatic heterocycles. The Morgan fingerprint density at radius 2 is 1.71 bits per heavy atom. The Bertz CT molecular complexity index is 1430. The van der Waals surface area contributed by atoms with E-state index in [9.17, 15) is 18.8 Å². The molecule has 3 amide bonds. The fourth-order valence-corrected chi connectivity index (χ4v) is 5.87. The van der Waals surface area contributed by atoms with Crippen molar-refractivity contribution in [2.45, 2.75) is 77.4 Å². The van der Waals surface area contributed by atoms with Gasteiger partial charge in [-0.05, 0) is 93.5 Å². The van der Waals surface area contributed by atoms with Crippen LogP contribution in [0.3, 0.4) is 0 Å². The zero-order valence-corrected chi connectivity index (χ0v) is 26.4. The maximum absolute atomic E-state index is 13.8. The SMILES string of the molecule is CCOc1cc(C(=O)N[C@@H](Cc2ccccc2)[C@@H](N)C[C@@H](C)C(=O)Nc2ccc(F)cc2)cc(C(=O)N2CCCCC2CC)c1. The number of carbonyl (C=O) groups is 3. The van der Waals surface area contributed by atoms with E-state index >= 15 is 0 Å². The molecule has 4 rings (SSSR count). The second-order valence-corrected chi connectivity index (χ2v) is 11.8. The van der Waals surface area contributed by atoms with Crippen LogP contribution in [0, 0.1) is 11.7 Å². The van der Waals surface area contributed by atoms with E-state index in [0.717, 1.165) is 31.2 Å².